The van der Waals surface area contributed by atoms with Crippen LogP contribution in [0.3, 0.4) is 0 Å². The van der Waals surface area contributed by atoms with Crippen LogP contribution < -0.4 is 10.6 Å². The van der Waals surface area contributed by atoms with Gasteiger partial charge in [0.05, 0.1) is 27.4 Å². The van der Waals surface area contributed by atoms with Gasteiger partial charge in [0, 0.05) is 49.7 Å². The van der Waals surface area contributed by atoms with Gasteiger partial charge in [0.25, 0.3) is 0 Å². The Morgan fingerprint density at radius 2 is 1.84 bits per heavy atom. The number of Topliss-reactive ketones (excluding diaryl/α,β-unsaturated/α-hetero) is 1. The summed E-state index contributed by atoms with van der Waals surface area (Å²) in [6, 6.07) is 8.44. The lowest BCUT2D eigenvalue weighted by atomic mass is 9.84. The zero-order valence-electron chi connectivity index (χ0n) is 21.2. The first-order valence-electron chi connectivity index (χ1n) is 13.0. The third kappa shape index (κ3) is 5.28. The van der Waals surface area contributed by atoms with Crippen LogP contribution in [0, 0.1) is 11.7 Å². The molecule has 1 aromatic heterocycles. The Labute approximate surface area is 225 Å². The Kier molecular flexibility index (Phi) is 7.72. The number of halogens is 2. The zero-order valence-corrected chi connectivity index (χ0v) is 22.0. The van der Waals surface area contributed by atoms with E-state index in [2.05, 4.69) is 15.6 Å². The lowest BCUT2D eigenvalue weighted by molar-refractivity contribution is -0.137. The number of nitrogens with zero attached hydrogens (tertiary/aromatic N) is 2. The number of hydrogen-bond donors (Lipinski definition) is 2. The molecule has 5 rings (SSSR count). The van der Waals surface area contributed by atoms with Crippen molar-refractivity contribution in [1.29, 1.82) is 0 Å². The van der Waals surface area contributed by atoms with Gasteiger partial charge in [-0.25, -0.2) is 4.39 Å². The third-order valence-corrected chi connectivity index (χ3v) is 7.94. The quantitative estimate of drug-likeness (QED) is 0.336. The molecule has 0 spiro atoms. The number of aldehydes is 1. The molecule has 3 aromatic rings. The summed E-state index contributed by atoms with van der Waals surface area (Å²) in [6.07, 6.45) is 5.21. The number of fused-ring (bicyclic) bond motifs is 1. The lowest BCUT2D eigenvalue weighted by Crippen LogP contribution is -2.49. The fraction of sp³-hybridized carbons (Fsp3) is 0.379. The molecule has 1 saturated carbocycles. The molecule has 2 fully saturated rings. The van der Waals surface area contributed by atoms with Gasteiger partial charge in [0.15, 0.2) is 12.1 Å². The largest absolute Gasteiger partial charge is 0.381 e. The van der Waals surface area contributed by atoms with Crippen molar-refractivity contribution < 1.29 is 18.8 Å². The Morgan fingerprint density at radius 3 is 2.50 bits per heavy atom. The van der Waals surface area contributed by atoms with Crippen LogP contribution in [0.5, 0.6) is 0 Å². The van der Waals surface area contributed by atoms with Gasteiger partial charge >= 0.3 is 0 Å². The second-order valence-electron chi connectivity index (χ2n) is 10.1. The van der Waals surface area contributed by atoms with E-state index in [1.165, 1.54) is 13.0 Å². The molecule has 7 nitrogen and oxygen atoms in total. The number of carbonyl (C=O) groups excluding carboxylic acids is 3. The number of pyridine rings is 1. The smallest absolute Gasteiger partial charge is 0.225 e. The highest BCUT2D eigenvalue weighted by molar-refractivity contribution is 6.33. The summed E-state index contributed by atoms with van der Waals surface area (Å²) in [4.78, 5) is 43.1. The standard InChI is InChI=1S/C29H30ClFN4O3/c1-17(37)23-15-33-27-7-4-19(20-13-25(30)24(16-36)26(31)14-20)12-22(27)28(23)34-21-5-2-18(3-6-21)29(38)35-10-8-32-9-11-35/h4,7,12-16,18,21,32H,2-3,5-6,8-11H2,1H3,(H,33,34). The first kappa shape index (κ1) is 26.3. The molecule has 0 unspecified atom stereocenters. The summed E-state index contributed by atoms with van der Waals surface area (Å²) >= 11 is 6.14. The zero-order chi connectivity index (χ0) is 26.8. The minimum atomic E-state index is -0.691. The van der Waals surface area contributed by atoms with Crippen LogP contribution in [-0.2, 0) is 4.79 Å². The van der Waals surface area contributed by atoms with Crippen LogP contribution in [-0.4, -0.2) is 60.1 Å². The Morgan fingerprint density at radius 1 is 1.11 bits per heavy atom. The van der Waals surface area contributed by atoms with E-state index >= 15 is 0 Å². The molecule has 2 heterocycles. The van der Waals surface area contributed by atoms with Crippen molar-refractivity contribution >= 4 is 46.2 Å². The molecular weight excluding hydrogens is 507 g/mol. The molecule has 1 aliphatic heterocycles. The van der Waals surface area contributed by atoms with Gasteiger partial charge in [-0.1, -0.05) is 17.7 Å². The van der Waals surface area contributed by atoms with Gasteiger partial charge in [-0.2, -0.15) is 0 Å². The number of aromatic nitrogens is 1. The van der Waals surface area contributed by atoms with E-state index in [1.807, 2.05) is 23.1 Å². The number of nitrogens with one attached hydrogen (secondary N) is 2. The molecule has 9 heteroatoms. The number of anilines is 1. The van der Waals surface area contributed by atoms with Crippen molar-refractivity contribution in [2.45, 2.75) is 38.6 Å². The lowest BCUT2D eigenvalue weighted by Gasteiger charge is -2.35. The van der Waals surface area contributed by atoms with Crippen LogP contribution in [0.1, 0.15) is 53.3 Å². The summed E-state index contributed by atoms with van der Waals surface area (Å²) in [5, 5.41) is 7.65. The second kappa shape index (κ2) is 11.2. The van der Waals surface area contributed by atoms with Crippen molar-refractivity contribution in [2.24, 2.45) is 5.92 Å². The second-order valence-corrected chi connectivity index (χ2v) is 10.5. The minimum Gasteiger partial charge on any atom is -0.381 e. The van der Waals surface area contributed by atoms with Gasteiger partial charge in [-0.15, -0.1) is 0 Å². The molecule has 2 aromatic carbocycles. The molecule has 0 bridgehead atoms. The van der Waals surface area contributed by atoms with Crippen LogP contribution in [0.15, 0.2) is 36.5 Å². The maximum Gasteiger partial charge on any atom is 0.225 e. The number of benzene rings is 2. The fourth-order valence-electron chi connectivity index (χ4n) is 5.49. The van der Waals surface area contributed by atoms with Gasteiger partial charge in [-0.05, 0) is 68.0 Å². The predicted molar refractivity (Wildman–Crippen MR) is 146 cm³/mol. The average Bonchev–Trinajstić information content (AvgIpc) is 2.93. The Hall–Kier alpha value is -3.36. The van der Waals surface area contributed by atoms with Gasteiger partial charge in [-0.3, -0.25) is 19.4 Å². The number of carbonyl (C=O) groups is 3. The minimum absolute atomic E-state index is 0.0354. The van der Waals surface area contributed by atoms with Crippen molar-refractivity contribution in [3.05, 3.63) is 58.5 Å². The van der Waals surface area contributed by atoms with Gasteiger partial charge < -0.3 is 15.5 Å². The maximum atomic E-state index is 14.5. The van der Waals surface area contributed by atoms with E-state index in [0.29, 0.717) is 34.2 Å². The SMILES string of the molecule is CC(=O)c1cnc2ccc(-c3cc(F)c(C=O)c(Cl)c3)cc2c1NC1CCC(C(=O)N2CCNCC2)CC1. The highest BCUT2D eigenvalue weighted by Gasteiger charge is 2.30. The molecule has 1 aliphatic carbocycles. The maximum absolute atomic E-state index is 14.5. The number of amides is 1. The first-order chi connectivity index (χ1) is 18.4. The van der Waals surface area contributed by atoms with E-state index in [1.54, 1.807) is 12.3 Å². The van der Waals surface area contributed by atoms with Crippen molar-refractivity contribution in [1.82, 2.24) is 15.2 Å². The molecule has 1 saturated heterocycles. The number of rotatable bonds is 6. The van der Waals surface area contributed by atoms with E-state index < -0.39 is 5.82 Å². The summed E-state index contributed by atoms with van der Waals surface area (Å²) in [5.41, 5.74) is 2.90. The highest BCUT2D eigenvalue weighted by Crippen LogP contribution is 2.35. The number of piperazine rings is 1. The number of ketones is 1. The third-order valence-electron chi connectivity index (χ3n) is 7.63. The van der Waals surface area contributed by atoms with E-state index in [0.717, 1.165) is 57.2 Å². The predicted octanol–water partition coefficient (Wildman–Crippen LogP) is 5.11. The normalized spacial score (nSPS) is 19.8. The molecular formula is C29H30ClFN4O3. The first-order valence-corrected chi connectivity index (χ1v) is 13.4. The Balaban J connectivity index is 1.42. The fourth-order valence-corrected chi connectivity index (χ4v) is 5.74. The van der Waals surface area contributed by atoms with Crippen LogP contribution in [0.4, 0.5) is 10.1 Å². The van der Waals surface area contributed by atoms with Crippen molar-refractivity contribution in [2.75, 3.05) is 31.5 Å². The van der Waals surface area contributed by atoms with Crippen LogP contribution in [0.25, 0.3) is 22.0 Å². The Bertz CT molecular complexity index is 1380. The molecule has 0 radical (unpaired) electrons. The molecule has 2 aliphatic rings. The number of hydrogen-bond acceptors (Lipinski definition) is 6. The summed E-state index contributed by atoms with van der Waals surface area (Å²) in [5.74, 6) is -0.518. The topological polar surface area (TPSA) is 91.4 Å². The summed E-state index contributed by atoms with van der Waals surface area (Å²) in [6.45, 7) is 4.71. The molecule has 38 heavy (non-hydrogen) atoms. The van der Waals surface area contributed by atoms with Gasteiger partial charge in [0.1, 0.15) is 5.82 Å². The van der Waals surface area contributed by atoms with Crippen LogP contribution in [0.2, 0.25) is 5.02 Å². The van der Waals surface area contributed by atoms with E-state index in [-0.39, 0.29) is 34.2 Å². The van der Waals surface area contributed by atoms with Crippen molar-refractivity contribution in [3.8, 4) is 11.1 Å². The van der Waals surface area contributed by atoms with E-state index in [9.17, 15) is 18.8 Å². The molecule has 2 N–H and O–H groups in total. The van der Waals surface area contributed by atoms with Crippen LogP contribution >= 0.6 is 11.6 Å². The molecule has 198 valence electrons. The van der Waals surface area contributed by atoms with E-state index in [4.69, 9.17) is 11.6 Å². The highest BCUT2D eigenvalue weighted by atomic mass is 35.5. The monoisotopic (exact) mass is 536 g/mol. The summed E-state index contributed by atoms with van der Waals surface area (Å²) in [7, 11) is 0. The average molecular weight is 537 g/mol. The van der Waals surface area contributed by atoms with Gasteiger partial charge in [0.2, 0.25) is 5.91 Å². The van der Waals surface area contributed by atoms with Crippen molar-refractivity contribution in [3.63, 3.8) is 0 Å². The molecule has 1 amide bonds. The molecule has 0 atom stereocenters. The summed E-state index contributed by atoms with van der Waals surface area (Å²) < 4.78 is 14.5.